The topological polar surface area (TPSA) is 47.6 Å². The number of carbonyl (C=O) groups is 1. The Labute approximate surface area is 118 Å². The number of ether oxygens (including phenoxy) is 2. The summed E-state index contributed by atoms with van der Waals surface area (Å²) in [6, 6.07) is 5.94. The molecule has 1 N–H and O–H groups in total. The van der Waals surface area contributed by atoms with Gasteiger partial charge in [0.2, 0.25) is 0 Å². The lowest BCUT2D eigenvalue weighted by Gasteiger charge is -2.43. The average Bonchev–Trinajstić information content (AvgIpc) is 2.39. The van der Waals surface area contributed by atoms with Crippen LogP contribution in [0, 0.1) is 5.82 Å². The van der Waals surface area contributed by atoms with Gasteiger partial charge in [0.05, 0.1) is 19.3 Å². The van der Waals surface area contributed by atoms with Gasteiger partial charge in [-0.05, 0) is 38.1 Å². The minimum absolute atomic E-state index is 0.310. The molecule has 20 heavy (non-hydrogen) atoms. The van der Waals surface area contributed by atoms with Crippen molar-refractivity contribution in [2.45, 2.75) is 37.8 Å². The molecule has 0 radical (unpaired) electrons. The molecule has 5 heteroatoms. The Morgan fingerprint density at radius 3 is 2.55 bits per heavy atom. The molecule has 1 aromatic carbocycles. The van der Waals surface area contributed by atoms with Gasteiger partial charge >= 0.3 is 5.97 Å². The van der Waals surface area contributed by atoms with Gasteiger partial charge in [0, 0.05) is 18.5 Å². The summed E-state index contributed by atoms with van der Waals surface area (Å²) in [5.74, 6) is -0.631. The van der Waals surface area contributed by atoms with E-state index in [9.17, 15) is 9.18 Å². The first kappa shape index (κ1) is 14.8. The first-order valence-corrected chi connectivity index (χ1v) is 6.63. The van der Waals surface area contributed by atoms with Crippen molar-refractivity contribution >= 4 is 11.7 Å². The molecule has 110 valence electrons. The second-order valence-electron chi connectivity index (χ2n) is 5.74. The van der Waals surface area contributed by atoms with Crippen LogP contribution in [0.4, 0.5) is 10.1 Å². The maximum atomic E-state index is 13.0. The van der Waals surface area contributed by atoms with E-state index in [0.29, 0.717) is 25.1 Å². The fourth-order valence-corrected chi connectivity index (χ4v) is 2.70. The van der Waals surface area contributed by atoms with Crippen LogP contribution >= 0.6 is 0 Å². The second-order valence-corrected chi connectivity index (χ2v) is 5.74. The van der Waals surface area contributed by atoms with Gasteiger partial charge in [-0.1, -0.05) is 0 Å². The number of rotatable bonds is 3. The fraction of sp³-hybridized carbons (Fsp3) is 0.533. The summed E-state index contributed by atoms with van der Waals surface area (Å²) in [7, 11) is 1.37. The zero-order chi connectivity index (χ0) is 14.8. The van der Waals surface area contributed by atoms with E-state index in [1.165, 1.54) is 19.2 Å². The summed E-state index contributed by atoms with van der Waals surface area (Å²) in [5, 5.41) is 3.21. The number of anilines is 1. The largest absolute Gasteiger partial charge is 0.467 e. The van der Waals surface area contributed by atoms with Gasteiger partial charge < -0.3 is 14.8 Å². The van der Waals surface area contributed by atoms with Crippen LogP contribution in [0.2, 0.25) is 0 Å². The molecule has 1 aromatic rings. The van der Waals surface area contributed by atoms with E-state index in [4.69, 9.17) is 9.47 Å². The molecule has 0 bridgehead atoms. The quantitative estimate of drug-likeness (QED) is 0.865. The molecule has 0 aliphatic carbocycles. The summed E-state index contributed by atoms with van der Waals surface area (Å²) >= 11 is 0. The average molecular weight is 281 g/mol. The molecule has 1 aliphatic heterocycles. The predicted molar refractivity (Wildman–Crippen MR) is 74.0 cm³/mol. The normalized spacial score (nSPS) is 25.0. The summed E-state index contributed by atoms with van der Waals surface area (Å²) in [5.41, 5.74) is -0.567. The number of nitrogens with one attached hydrogen (secondary N) is 1. The highest BCUT2D eigenvalue weighted by molar-refractivity contribution is 5.84. The van der Waals surface area contributed by atoms with E-state index in [-0.39, 0.29) is 11.8 Å². The monoisotopic (exact) mass is 281 g/mol. The van der Waals surface area contributed by atoms with E-state index in [0.717, 1.165) is 0 Å². The number of methoxy groups -OCH3 is 1. The Balaban J connectivity index is 2.28. The Morgan fingerprint density at radius 1 is 1.35 bits per heavy atom. The fourth-order valence-electron chi connectivity index (χ4n) is 2.70. The van der Waals surface area contributed by atoms with Crippen LogP contribution in [0.15, 0.2) is 24.3 Å². The van der Waals surface area contributed by atoms with E-state index in [1.807, 2.05) is 13.8 Å². The van der Waals surface area contributed by atoms with Crippen molar-refractivity contribution in [2.24, 2.45) is 0 Å². The Bertz CT molecular complexity index is 486. The highest BCUT2D eigenvalue weighted by Crippen LogP contribution is 2.35. The van der Waals surface area contributed by atoms with Crippen LogP contribution in [-0.4, -0.2) is 30.8 Å². The summed E-state index contributed by atoms with van der Waals surface area (Å²) < 4.78 is 23.6. The molecule has 0 amide bonds. The third kappa shape index (κ3) is 3.10. The van der Waals surface area contributed by atoms with Gasteiger partial charge in [0.1, 0.15) is 11.4 Å². The highest BCUT2D eigenvalue weighted by Gasteiger charge is 2.47. The van der Waals surface area contributed by atoms with Gasteiger partial charge in [0.25, 0.3) is 0 Å². The van der Waals surface area contributed by atoms with Gasteiger partial charge in [-0.15, -0.1) is 0 Å². The van der Waals surface area contributed by atoms with Crippen molar-refractivity contribution in [1.29, 1.82) is 0 Å². The SMILES string of the molecule is COC(=O)C1(Nc2ccc(F)cc2)CCOC(C)(C)C1. The molecule has 2 rings (SSSR count). The molecule has 0 spiro atoms. The van der Waals surface area contributed by atoms with Crippen LogP contribution in [0.3, 0.4) is 0 Å². The highest BCUT2D eigenvalue weighted by atomic mass is 19.1. The lowest BCUT2D eigenvalue weighted by molar-refractivity contribution is -0.156. The molecule has 0 saturated carbocycles. The lowest BCUT2D eigenvalue weighted by atomic mass is 9.81. The van der Waals surface area contributed by atoms with Crippen LogP contribution in [-0.2, 0) is 14.3 Å². The molecule has 1 aliphatic rings. The molecule has 1 atom stereocenters. The van der Waals surface area contributed by atoms with Crippen molar-refractivity contribution < 1.29 is 18.7 Å². The van der Waals surface area contributed by atoms with E-state index < -0.39 is 11.1 Å². The predicted octanol–water partition coefficient (Wildman–Crippen LogP) is 2.74. The van der Waals surface area contributed by atoms with Crippen molar-refractivity contribution in [3.63, 3.8) is 0 Å². The number of esters is 1. The standard InChI is InChI=1S/C15H20FNO3/c1-14(2)10-15(8-9-20-14,13(18)19-3)17-12-6-4-11(16)5-7-12/h4-7,17H,8-10H2,1-3H3. The third-order valence-corrected chi connectivity index (χ3v) is 3.55. The van der Waals surface area contributed by atoms with Gasteiger partial charge in [-0.3, -0.25) is 0 Å². The number of benzene rings is 1. The zero-order valence-corrected chi connectivity index (χ0v) is 12.0. The molecule has 0 aromatic heterocycles. The van der Waals surface area contributed by atoms with Gasteiger partial charge in [-0.2, -0.15) is 0 Å². The molecular formula is C15H20FNO3. The van der Waals surface area contributed by atoms with Crippen LogP contribution in [0.25, 0.3) is 0 Å². The van der Waals surface area contributed by atoms with Crippen molar-refractivity contribution in [3.05, 3.63) is 30.1 Å². The Hall–Kier alpha value is -1.62. The van der Waals surface area contributed by atoms with E-state index in [2.05, 4.69) is 5.32 Å². The summed E-state index contributed by atoms with van der Waals surface area (Å²) in [6.07, 6.45) is 1.00. The zero-order valence-electron chi connectivity index (χ0n) is 12.0. The number of carbonyl (C=O) groups excluding carboxylic acids is 1. The smallest absolute Gasteiger partial charge is 0.331 e. The Morgan fingerprint density at radius 2 is 2.00 bits per heavy atom. The molecule has 1 heterocycles. The maximum absolute atomic E-state index is 13.0. The van der Waals surface area contributed by atoms with E-state index >= 15 is 0 Å². The van der Waals surface area contributed by atoms with Gasteiger partial charge in [-0.25, -0.2) is 9.18 Å². The van der Waals surface area contributed by atoms with Crippen molar-refractivity contribution in [3.8, 4) is 0 Å². The molecule has 4 nitrogen and oxygen atoms in total. The number of hydrogen-bond acceptors (Lipinski definition) is 4. The minimum Gasteiger partial charge on any atom is -0.467 e. The summed E-state index contributed by atoms with van der Waals surface area (Å²) in [6.45, 7) is 4.35. The minimum atomic E-state index is -0.839. The Kier molecular flexibility index (Phi) is 3.99. The first-order valence-electron chi connectivity index (χ1n) is 6.63. The number of hydrogen-bond donors (Lipinski definition) is 1. The second kappa shape index (κ2) is 5.40. The third-order valence-electron chi connectivity index (χ3n) is 3.55. The van der Waals surface area contributed by atoms with Crippen LogP contribution < -0.4 is 5.32 Å². The molecule has 1 fully saturated rings. The van der Waals surface area contributed by atoms with E-state index in [1.54, 1.807) is 12.1 Å². The van der Waals surface area contributed by atoms with Crippen molar-refractivity contribution in [1.82, 2.24) is 0 Å². The van der Waals surface area contributed by atoms with Crippen molar-refractivity contribution in [2.75, 3.05) is 19.0 Å². The van der Waals surface area contributed by atoms with Crippen LogP contribution in [0.5, 0.6) is 0 Å². The molecule has 1 saturated heterocycles. The van der Waals surface area contributed by atoms with Crippen LogP contribution in [0.1, 0.15) is 26.7 Å². The molecule has 1 unspecified atom stereocenters. The maximum Gasteiger partial charge on any atom is 0.331 e. The summed E-state index contributed by atoms with van der Waals surface area (Å²) in [4.78, 5) is 12.2. The number of halogens is 1. The lowest BCUT2D eigenvalue weighted by Crippen LogP contribution is -2.56. The molecular weight excluding hydrogens is 261 g/mol. The first-order chi connectivity index (χ1) is 9.37. The van der Waals surface area contributed by atoms with Gasteiger partial charge in [0.15, 0.2) is 0 Å².